The van der Waals surface area contributed by atoms with Gasteiger partial charge in [-0.1, -0.05) is 13.3 Å². The van der Waals surface area contributed by atoms with Crippen molar-refractivity contribution in [3.63, 3.8) is 0 Å². The van der Waals surface area contributed by atoms with Crippen LogP contribution in [-0.2, 0) is 11.2 Å². The van der Waals surface area contributed by atoms with E-state index in [-0.39, 0.29) is 12.5 Å². The third-order valence-corrected chi connectivity index (χ3v) is 5.23. The smallest absolute Gasteiger partial charge is 0.313 e. The van der Waals surface area contributed by atoms with Crippen molar-refractivity contribution in [1.82, 2.24) is 14.9 Å². The zero-order chi connectivity index (χ0) is 17.3. The summed E-state index contributed by atoms with van der Waals surface area (Å²) in [7, 11) is 0. The van der Waals surface area contributed by atoms with Gasteiger partial charge in [0, 0.05) is 50.4 Å². The van der Waals surface area contributed by atoms with E-state index in [0.29, 0.717) is 26.2 Å². The molecule has 7 nitrogen and oxygen atoms in total. The molecule has 0 aromatic carbocycles. The number of nitrogens with zero attached hydrogens (tertiary/aromatic N) is 4. The van der Waals surface area contributed by atoms with Crippen molar-refractivity contribution in [2.24, 2.45) is 11.3 Å². The predicted octanol–water partition coefficient (Wildman–Crippen LogP) is 0.553. The van der Waals surface area contributed by atoms with E-state index in [1.54, 1.807) is 0 Å². The molecule has 3 rings (SSSR count). The second-order valence-electron chi connectivity index (χ2n) is 7.01. The number of fused-ring (bicyclic) bond motifs is 1. The van der Waals surface area contributed by atoms with Crippen LogP contribution in [0.3, 0.4) is 0 Å². The molecule has 0 amide bonds. The number of aliphatic hydroxyl groups is 1. The molecule has 1 aromatic rings. The summed E-state index contributed by atoms with van der Waals surface area (Å²) < 4.78 is 0. The van der Waals surface area contributed by atoms with E-state index in [0.717, 1.165) is 36.7 Å². The molecule has 7 heteroatoms. The fourth-order valence-electron chi connectivity index (χ4n) is 4.12. The van der Waals surface area contributed by atoms with Crippen molar-refractivity contribution in [3.05, 3.63) is 17.6 Å². The molecule has 2 aliphatic heterocycles. The minimum atomic E-state index is -0.765. The number of carboxylic acid groups (broad SMARTS) is 1. The van der Waals surface area contributed by atoms with Crippen LogP contribution in [0.4, 0.5) is 5.82 Å². The number of aliphatic carboxylic acids is 1. The van der Waals surface area contributed by atoms with Crippen molar-refractivity contribution in [3.8, 4) is 0 Å². The van der Waals surface area contributed by atoms with Crippen LogP contribution in [0.5, 0.6) is 0 Å². The van der Waals surface area contributed by atoms with E-state index in [2.05, 4.69) is 26.7 Å². The molecule has 2 saturated heterocycles. The number of hydrogen-bond acceptors (Lipinski definition) is 6. The van der Waals surface area contributed by atoms with Gasteiger partial charge in [0.25, 0.3) is 0 Å². The van der Waals surface area contributed by atoms with Crippen molar-refractivity contribution in [1.29, 1.82) is 0 Å². The number of aryl methyl sites for hydroxylation is 2. The highest BCUT2D eigenvalue weighted by Gasteiger charge is 2.57. The molecule has 0 unspecified atom stereocenters. The molecular formula is C17H26N4O3. The maximum atomic E-state index is 12.0. The molecule has 132 valence electrons. The lowest BCUT2D eigenvalue weighted by Gasteiger charge is -2.26. The van der Waals surface area contributed by atoms with Gasteiger partial charge in [0.15, 0.2) is 0 Å². The molecule has 24 heavy (non-hydrogen) atoms. The Morgan fingerprint density at radius 1 is 1.38 bits per heavy atom. The standard InChI is InChI=1S/C17H26N4O3/c1-3-4-14-7-15(19-12(2)18-14)21-9-13-8-20(5-6-22)10-17(13,11-21)16(23)24/h7,13,22H,3-6,8-11H2,1-2H3,(H,23,24)/t13-,17-/m1/s1. The summed E-state index contributed by atoms with van der Waals surface area (Å²) >= 11 is 0. The first-order valence-corrected chi connectivity index (χ1v) is 8.64. The topological polar surface area (TPSA) is 89.8 Å². The van der Waals surface area contributed by atoms with E-state index in [9.17, 15) is 9.90 Å². The van der Waals surface area contributed by atoms with Gasteiger partial charge in [0.2, 0.25) is 0 Å². The second-order valence-corrected chi connectivity index (χ2v) is 7.01. The first-order chi connectivity index (χ1) is 11.5. The molecule has 0 spiro atoms. The molecule has 0 aliphatic carbocycles. The lowest BCUT2D eigenvalue weighted by molar-refractivity contribution is -0.148. The van der Waals surface area contributed by atoms with Crippen LogP contribution in [0.1, 0.15) is 24.9 Å². The number of hydrogen-bond donors (Lipinski definition) is 2. The van der Waals surface area contributed by atoms with Gasteiger partial charge in [0.05, 0.1) is 6.61 Å². The van der Waals surface area contributed by atoms with Gasteiger partial charge in [-0.15, -0.1) is 0 Å². The Labute approximate surface area is 142 Å². The molecule has 1 aromatic heterocycles. The maximum Gasteiger partial charge on any atom is 0.313 e. The number of rotatable bonds is 6. The number of carbonyl (C=O) groups is 1. The highest BCUT2D eigenvalue weighted by molar-refractivity contribution is 5.78. The van der Waals surface area contributed by atoms with E-state index >= 15 is 0 Å². The average molecular weight is 334 g/mol. The average Bonchev–Trinajstić information content (AvgIpc) is 3.02. The normalized spacial score (nSPS) is 26.8. The van der Waals surface area contributed by atoms with Crippen LogP contribution in [0.25, 0.3) is 0 Å². The Morgan fingerprint density at radius 2 is 2.17 bits per heavy atom. The van der Waals surface area contributed by atoms with Crippen LogP contribution >= 0.6 is 0 Å². The van der Waals surface area contributed by atoms with Crippen LogP contribution in [0, 0.1) is 18.3 Å². The SMILES string of the molecule is CCCc1cc(N2C[C@H]3CN(CCO)C[C@@]3(C(=O)O)C2)nc(C)n1. The Bertz CT molecular complexity index is 624. The van der Waals surface area contributed by atoms with Crippen molar-refractivity contribution in [2.45, 2.75) is 26.7 Å². The largest absolute Gasteiger partial charge is 0.481 e. The number of carboxylic acids is 1. The monoisotopic (exact) mass is 334 g/mol. The Hall–Kier alpha value is -1.73. The molecule has 2 fully saturated rings. The van der Waals surface area contributed by atoms with Crippen molar-refractivity contribution < 1.29 is 15.0 Å². The molecule has 0 bridgehead atoms. The molecular weight excluding hydrogens is 308 g/mol. The summed E-state index contributed by atoms with van der Waals surface area (Å²) in [5.74, 6) is 0.899. The van der Waals surface area contributed by atoms with E-state index in [4.69, 9.17) is 5.11 Å². The van der Waals surface area contributed by atoms with Gasteiger partial charge in [0.1, 0.15) is 17.1 Å². The first kappa shape index (κ1) is 17.1. The van der Waals surface area contributed by atoms with Gasteiger partial charge in [-0.25, -0.2) is 9.97 Å². The minimum Gasteiger partial charge on any atom is -0.481 e. The lowest BCUT2D eigenvalue weighted by atomic mass is 9.81. The third-order valence-electron chi connectivity index (χ3n) is 5.23. The van der Waals surface area contributed by atoms with Crippen LogP contribution < -0.4 is 4.90 Å². The quantitative estimate of drug-likeness (QED) is 0.785. The molecule has 2 N–H and O–H groups in total. The highest BCUT2D eigenvalue weighted by Crippen LogP contribution is 2.43. The molecule has 3 heterocycles. The summed E-state index contributed by atoms with van der Waals surface area (Å²) in [6.07, 6.45) is 1.93. The Balaban J connectivity index is 1.83. The van der Waals surface area contributed by atoms with Gasteiger partial charge < -0.3 is 15.1 Å². The van der Waals surface area contributed by atoms with Crippen molar-refractivity contribution >= 4 is 11.8 Å². The first-order valence-electron chi connectivity index (χ1n) is 8.64. The van der Waals surface area contributed by atoms with Crippen LogP contribution in [0.15, 0.2) is 6.07 Å². The number of β-amino-alcohol motifs (C(OH)–C–C–N with tert-alkyl or cyclic N) is 1. The zero-order valence-electron chi connectivity index (χ0n) is 14.4. The molecule has 2 atom stereocenters. The van der Waals surface area contributed by atoms with Crippen molar-refractivity contribution in [2.75, 3.05) is 44.2 Å². The van der Waals surface area contributed by atoms with Gasteiger partial charge in [-0.2, -0.15) is 0 Å². The number of likely N-dealkylation sites (tertiary alicyclic amines) is 1. The summed E-state index contributed by atoms with van der Waals surface area (Å²) in [6, 6.07) is 2.00. The molecule has 2 aliphatic rings. The highest BCUT2D eigenvalue weighted by atomic mass is 16.4. The molecule has 0 saturated carbocycles. The Morgan fingerprint density at radius 3 is 2.79 bits per heavy atom. The number of anilines is 1. The van der Waals surface area contributed by atoms with Gasteiger partial charge >= 0.3 is 5.97 Å². The summed E-state index contributed by atoms with van der Waals surface area (Å²) in [6.45, 7) is 6.98. The predicted molar refractivity (Wildman–Crippen MR) is 90.1 cm³/mol. The summed E-state index contributed by atoms with van der Waals surface area (Å²) in [5, 5.41) is 19.0. The fourth-order valence-corrected chi connectivity index (χ4v) is 4.12. The fraction of sp³-hybridized carbons (Fsp3) is 0.706. The van der Waals surface area contributed by atoms with E-state index < -0.39 is 11.4 Å². The van der Waals surface area contributed by atoms with Gasteiger partial charge in [-0.3, -0.25) is 9.69 Å². The third kappa shape index (κ3) is 2.98. The summed E-state index contributed by atoms with van der Waals surface area (Å²) in [5.41, 5.74) is 0.252. The number of aliphatic hydroxyl groups excluding tert-OH is 1. The summed E-state index contributed by atoms with van der Waals surface area (Å²) in [4.78, 5) is 25.2. The van der Waals surface area contributed by atoms with E-state index in [1.807, 2.05) is 13.0 Å². The second kappa shape index (κ2) is 6.64. The van der Waals surface area contributed by atoms with Crippen LogP contribution in [0.2, 0.25) is 0 Å². The number of aromatic nitrogens is 2. The van der Waals surface area contributed by atoms with Crippen LogP contribution in [-0.4, -0.2) is 70.4 Å². The lowest BCUT2D eigenvalue weighted by Crippen LogP contribution is -2.41. The van der Waals surface area contributed by atoms with Gasteiger partial charge in [-0.05, 0) is 13.3 Å². The zero-order valence-corrected chi connectivity index (χ0v) is 14.4. The minimum absolute atomic E-state index is 0.0615. The van der Waals surface area contributed by atoms with E-state index in [1.165, 1.54) is 0 Å². The Kier molecular flexibility index (Phi) is 4.73. The maximum absolute atomic E-state index is 12.0. The molecule has 0 radical (unpaired) electrons.